The van der Waals surface area contributed by atoms with Crippen molar-refractivity contribution < 1.29 is 9.53 Å². The quantitative estimate of drug-likeness (QED) is 0.621. The molecule has 0 bridgehead atoms. The zero-order valence-electron chi connectivity index (χ0n) is 14.6. The highest BCUT2D eigenvalue weighted by Crippen LogP contribution is 2.27. The Balaban J connectivity index is 1.42. The third kappa shape index (κ3) is 5.07. The van der Waals surface area contributed by atoms with Crippen molar-refractivity contribution in [2.24, 2.45) is 0 Å². The number of nitrogens with zero attached hydrogens (tertiary/aromatic N) is 1. The number of ether oxygens (including phenoxy) is 1. The van der Waals surface area contributed by atoms with E-state index in [0.29, 0.717) is 19.7 Å². The van der Waals surface area contributed by atoms with E-state index in [2.05, 4.69) is 15.6 Å². The number of aromatic nitrogens is 1. The maximum atomic E-state index is 11.9. The molecule has 1 heterocycles. The lowest BCUT2D eigenvalue weighted by molar-refractivity contribution is 0.236. The summed E-state index contributed by atoms with van der Waals surface area (Å²) in [6.45, 7) is 3.29. The molecule has 0 atom stereocenters. The largest absolute Gasteiger partial charge is 0.492 e. The van der Waals surface area contributed by atoms with Crippen molar-refractivity contribution in [3.8, 4) is 16.3 Å². The summed E-state index contributed by atoms with van der Waals surface area (Å²) >= 11 is 1.60. The maximum absolute atomic E-state index is 11.9. The number of benzene rings is 2. The number of nitrogens with one attached hydrogen (secondary N) is 2. The lowest BCUT2D eigenvalue weighted by atomic mass is 10.2. The summed E-state index contributed by atoms with van der Waals surface area (Å²) in [7, 11) is 0. The monoisotopic (exact) mass is 367 g/mol. The first-order valence-electron chi connectivity index (χ1n) is 8.43. The zero-order chi connectivity index (χ0) is 18.2. The summed E-state index contributed by atoms with van der Waals surface area (Å²) in [4.78, 5) is 17.6. The molecule has 5 nitrogen and oxygen atoms in total. The van der Waals surface area contributed by atoms with E-state index in [-0.39, 0.29) is 6.03 Å². The highest BCUT2D eigenvalue weighted by molar-refractivity contribution is 7.15. The fourth-order valence-electron chi connectivity index (χ4n) is 2.37. The maximum Gasteiger partial charge on any atom is 0.315 e. The second kappa shape index (κ2) is 9.01. The average molecular weight is 367 g/mol. The second-order valence-corrected chi connectivity index (χ2v) is 6.75. The molecule has 3 aromatic rings. The number of aryl methyl sites for hydroxylation is 1. The van der Waals surface area contributed by atoms with Gasteiger partial charge >= 0.3 is 6.03 Å². The fourth-order valence-corrected chi connectivity index (χ4v) is 3.38. The Bertz CT molecular complexity index is 835. The highest BCUT2D eigenvalue weighted by atomic mass is 32.1. The molecule has 0 aliphatic carbocycles. The first kappa shape index (κ1) is 17.9. The summed E-state index contributed by atoms with van der Waals surface area (Å²) < 4.78 is 5.54. The van der Waals surface area contributed by atoms with Gasteiger partial charge < -0.3 is 15.4 Å². The minimum absolute atomic E-state index is 0.212. The van der Waals surface area contributed by atoms with E-state index in [9.17, 15) is 4.79 Å². The Morgan fingerprint density at radius 2 is 1.73 bits per heavy atom. The number of carbonyl (C=O) groups is 1. The molecule has 0 fully saturated rings. The van der Waals surface area contributed by atoms with Crippen molar-refractivity contribution >= 4 is 17.4 Å². The molecule has 0 saturated carbocycles. The third-order valence-corrected chi connectivity index (χ3v) is 4.93. The molecular formula is C20H21N3O2S. The van der Waals surface area contributed by atoms with Crippen LogP contribution in [0.25, 0.3) is 10.6 Å². The van der Waals surface area contributed by atoms with E-state index < -0.39 is 0 Å². The van der Waals surface area contributed by atoms with Crippen LogP contribution < -0.4 is 15.4 Å². The van der Waals surface area contributed by atoms with Gasteiger partial charge in [0.25, 0.3) is 0 Å². The van der Waals surface area contributed by atoms with Crippen LogP contribution in [-0.2, 0) is 6.54 Å². The normalized spacial score (nSPS) is 10.3. The summed E-state index contributed by atoms with van der Waals surface area (Å²) in [6.07, 6.45) is 0. The van der Waals surface area contributed by atoms with Gasteiger partial charge in [-0.1, -0.05) is 48.5 Å². The topological polar surface area (TPSA) is 63.2 Å². The van der Waals surface area contributed by atoms with E-state index >= 15 is 0 Å². The first-order valence-corrected chi connectivity index (χ1v) is 9.25. The SMILES string of the molecule is Cc1nc(-c2ccccc2)sc1CNC(=O)NCCOc1ccccc1. The van der Waals surface area contributed by atoms with E-state index in [1.165, 1.54) is 0 Å². The van der Waals surface area contributed by atoms with Gasteiger partial charge in [0.05, 0.1) is 18.8 Å². The summed E-state index contributed by atoms with van der Waals surface area (Å²) in [6, 6.07) is 19.4. The van der Waals surface area contributed by atoms with Gasteiger partial charge in [-0.25, -0.2) is 9.78 Å². The standard InChI is InChI=1S/C20H21N3O2S/c1-15-18(26-19(23-15)16-8-4-2-5-9-16)14-22-20(24)21-12-13-25-17-10-6-3-7-11-17/h2-11H,12-14H2,1H3,(H2,21,22,24). The molecule has 1 aromatic heterocycles. The second-order valence-electron chi connectivity index (χ2n) is 5.66. The van der Waals surface area contributed by atoms with Gasteiger partial charge in [0.15, 0.2) is 0 Å². The van der Waals surface area contributed by atoms with Crippen LogP contribution in [0.3, 0.4) is 0 Å². The molecule has 0 unspecified atom stereocenters. The first-order chi connectivity index (χ1) is 12.7. The van der Waals surface area contributed by atoms with Gasteiger partial charge in [-0.05, 0) is 19.1 Å². The van der Waals surface area contributed by atoms with Crippen molar-refractivity contribution in [3.63, 3.8) is 0 Å². The van der Waals surface area contributed by atoms with E-state index in [1.807, 2.05) is 67.6 Å². The lowest BCUT2D eigenvalue weighted by Gasteiger charge is -2.08. The number of urea groups is 1. The number of carbonyl (C=O) groups excluding carboxylic acids is 1. The number of hydrogen-bond donors (Lipinski definition) is 2. The number of para-hydroxylation sites is 1. The number of rotatable bonds is 7. The van der Waals surface area contributed by atoms with Crippen LogP contribution in [0.5, 0.6) is 5.75 Å². The predicted octanol–water partition coefficient (Wildman–Crippen LogP) is 4.00. The summed E-state index contributed by atoms with van der Waals surface area (Å²) in [5.74, 6) is 0.795. The van der Waals surface area contributed by atoms with Crippen LogP contribution >= 0.6 is 11.3 Å². The number of thiazole rings is 1. The summed E-state index contributed by atoms with van der Waals surface area (Å²) in [5, 5.41) is 6.63. The number of amides is 2. The predicted molar refractivity (Wildman–Crippen MR) is 104 cm³/mol. The molecule has 0 aliphatic rings. The molecule has 6 heteroatoms. The van der Waals surface area contributed by atoms with Crippen molar-refractivity contribution in [1.82, 2.24) is 15.6 Å². The van der Waals surface area contributed by atoms with Crippen molar-refractivity contribution in [2.75, 3.05) is 13.2 Å². The molecular weight excluding hydrogens is 346 g/mol. The number of hydrogen-bond acceptors (Lipinski definition) is 4. The molecule has 2 N–H and O–H groups in total. The Labute approximate surface area is 157 Å². The molecule has 2 amide bonds. The third-order valence-electron chi connectivity index (χ3n) is 3.72. The zero-order valence-corrected chi connectivity index (χ0v) is 15.4. The van der Waals surface area contributed by atoms with Gasteiger partial charge in [-0.3, -0.25) is 0 Å². The van der Waals surface area contributed by atoms with Crippen molar-refractivity contribution in [1.29, 1.82) is 0 Å². The minimum Gasteiger partial charge on any atom is -0.492 e. The minimum atomic E-state index is -0.212. The van der Waals surface area contributed by atoms with E-state index in [1.54, 1.807) is 11.3 Å². The Kier molecular flexibility index (Phi) is 6.22. The molecule has 0 spiro atoms. The van der Waals surface area contributed by atoms with Gasteiger partial charge in [0, 0.05) is 10.4 Å². The Hall–Kier alpha value is -2.86. The molecule has 0 saturated heterocycles. The van der Waals surface area contributed by atoms with Crippen molar-refractivity contribution in [3.05, 3.63) is 71.2 Å². The van der Waals surface area contributed by atoms with Gasteiger partial charge in [-0.15, -0.1) is 11.3 Å². The molecule has 0 radical (unpaired) electrons. The molecule has 3 rings (SSSR count). The molecule has 0 aliphatic heterocycles. The lowest BCUT2D eigenvalue weighted by Crippen LogP contribution is -2.37. The van der Waals surface area contributed by atoms with Crippen LogP contribution in [-0.4, -0.2) is 24.2 Å². The van der Waals surface area contributed by atoms with Crippen LogP contribution in [0, 0.1) is 6.92 Å². The average Bonchev–Trinajstić information content (AvgIpc) is 3.06. The van der Waals surface area contributed by atoms with Gasteiger partial charge in [0.1, 0.15) is 17.4 Å². The van der Waals surface area contributed by atoms with E-state index in [4.69, 9.17) is 4.74 Å². The Morgan fingerprint density at radius 3 is 2.46 bits per heavy atom. The molecule has 2 aromatic carbocycles. The van der Waals surface area contributed by atoms with Gasteiger partial charge in [-0.2, -0.15) is 0 Å². The van der Waals surface area contributed by atoms with E-state index in [0.717, 1.165) is 26.9 Å². The fraction of sp³-hybridized carbons (Fsp3) is 0.200. The molecule has 134 valence electrons. The Morgan fingerprint density at radius 1 is 1.04 bits per heavy atom. The molecule has 26 heavy (non-hydrogen) atoms. The smallest absolute Gasteiger partial charge is 0.315 e. The van der Waals surface area contributed by atoms with Gasteiger partial charge in [0.2, 0.25) is 0 Å². The van der Waals surface area contributed by atoms with Crippen LogP contribution in [0.1, 0.15) is 10.6 Å². The van der Waals surface area contributed by atoms with Crippen LogP contribution in [0.4, 0.5) is 4.79 Å². The van der Waals surface area contributed by atoms with Crippen LogP contribution in [0.15, 0.2) is 60.7 Å². The van der Waals surface area contributed by atoms with Crippen molar-refractivity contribution in [2.45, 2.75) is 13.5 Å². The van der Waals surface area contributed by atoms with Crippen LogP contribution in [0.2, 0.25) is 0 Å². The summed E-state index contributed by atoms with van der Waals surface area (Å²) in [5.41, 5.74) is 2.04. The highest BCUT2D eigenvalue weighted by Gasteiger charge is 2.10.